The molecule has 8 nitrogen and oxygen atoms in total. The third-order valence-corrected chi connectivity index (χ3v) is 3.24. The van der Waals surface area contributed by atoms with E-state index in [9.17, 15) is 4.79 Å². The van der Waals surface area contributed by atoms with Crippen molar-refractivity contribution in [1.29, 1.82) is 0 Å². The normalized spacial score (nSPS) is 16.0. The van der Waals surface area contributed by atoms with E-state index in [-0.39, 0.29) is 5.91 Å². The highest BCUT2D eigenvalue weighted by Crippen LogP contribution is 2.27. The van der Waals surface area contributed by atoms with Crippen molar-refractivity contribution in [3.63, 3.8) is 0 Å². The van der Waals surface area contributed by atoms with Crippen molar-refractivity contribution in [3.05, 3.63) is 22.4 Å². The van der Waals surface area contributed by atoms with Crippen LogP contribution in [0.3, 0.4) is 0 Å². The van der Waals surface area contributed by atoms with Gasteiger partial charge in [0.2, 0.25) is 12.2 Å². The highest BCUT2D eigenvalue weighted by molar-refractivity contribution is 7.13. The lowest BCUT2D eigenvalue weighted by Gasteiger charge is -2.02. The Morgan fingerprint density at radius 2 is 2.28 bits per heavy atom. The number of nitrogens with one attached hydrogen (secondary N) is 2. The Morgan fingerprint density at radius 3 is 3.00 bits per heavy atom. The minimum absolute atomic E-state index is 0.295. The van der Waals surface area contributed by atoms with Crippen molar-refractivity contribution in [1.82, 2.24) is 20.2 Å². The molecule has 18 heavy (non-hydrogen) atoms. The molecule has 3 rings (SSSR count). The van der Waals surface area contributed by atoms with Gasteiger partial charge in [-0.3, -0.25) is 10.1 Å². The maximum Gasteiger partial charge on any atom is 0.269 e. The van der Waals surface area contributed by atoms with Gasteiger partial charge >= 0.3 is 0 Å². The van der Waals surface area contributed by atoms with E-state index in [2.05, 4.69) is 25.5 Å². The number of hydrogen-bond donors (Lipinski definition) is 2. The van der Waals surface area contributed by atoms with Crippen LogP contribution < -0.4 is 5.32 Å². The van der Waals surface area contributed by atoms with Crippen molar-refractivity contribution in [3.8, 4) is 0 Å². The number of carbonyl (C=O) groups excluding carboxylic acids is 1. The average Bonchev–Trinajstić information content (AvgIpc) is 3.11. The number of aromatic amines is 1. The summed E-state index contributed by atoms with van der Waals surface area (Å²) in [5.41, 5.74) is 0. The van der Waals surface area contributed by atoms with Crippen LogP contribution in [0.1, 0.15) is 21.0 Å². The first-order valence-corrected chi connectivity index (χ1v) is 6.00. The Labute approximate surface area is 105 Å². The van der Waals surface area contributed by atoms with Gasteiger partial charge in [0.05, 0.1) is 19.4 Å². The summed E-state index contributed by atoms with van der Waals surface area (Å²) < 4.78 is 10.6. The minimum Gasteiger partial charge on any atom is -0.344 e. The van der Waals surface area contributed by atoms with Crippen LogP contribution in [-0.2, 0) is 9.47 Å². The maximum absolute atomic E-state index is 11.8. The van der Waals surface area contributed by atoms with Gasteiger partial charge < -0.3 is 9.47 Å². The zero-order chi connectivity index (χ0) is 12.4. The van der Waals surface area contributed by atoms with Gasteiger partial charge in [-0.1, -0.05) is 0 Å². The number of ether oxygens (including phenoxy) is 2. The molecule has 0 aliphatic carbocycles. The third-order valence-electron chi connectivity index (χ3n) is 2.22. The summed E-state index contributed by atoms with van der Waals surface area (Å²) in [6.07, 6.45) is 2.34. The van der Waals surface area contributed by atoms with E-state index in [1.54, 1.807) is 0 Å². The molecular formula is C9H9N5O3S. The van der Waals surface area contributed by atoms with Gasteiger partial charge in [0, 0.05) is 0 Å². The molecule has 1 fully saturated rings. The molecule has 2 N–H and O–H groups in total. The summed E-state index contributed by atoms with van der Waals surface area (Å²) in [6, 6.07) is 0. The lowest BCUT2D eigenvalue weighted by molar-refractivity contribution is -0.0442. The first-order valence-electron chi connectivity index (χ1n) is 5.18. The second kappa shape index (κ2) is 4.80. The van der Waals surface area contributed by atoms with E-state index < -0.39 is 6.29 Å². The Bertz CT molecular complexity index is 534. The lowest BCUT2D eigenvalue weighted by Crippen LogP contribution is -2.11. The van der Waals surface area contributed by atoms with Crippen LogP contribution in [0.25, 0.3) is 0 Å². The van der Waals surface area contributed by atoms with Crippen molar-refractivity contribution < 1.29 is 14.3 Å². The Hall–Kier alpha value is -1.84. The molecule has 0 atom stereocenters. The smallest absolute Gasteiger partial charge is 0.269 e. The summed E-state index contributed by atoms with van der Waals surface area (Å²) in [5, 5.41) is 9.37. The second-order valence-electron chi connectivity index (χ2n) is 3.42. The van der Waals surface area contributed by atoms with Gasteiger partial charge in [0.15, 0.2) is 0 Å². The monoisotopic (exact) mass is 267 g/mol. The van der Waals surface area contributed by atoms with Gasteiger partial charge in [-0.05, 0) is 0 Å². The van der Waals surface area contributed by atoms with Crippen LogP contribution >= 0.6 is 11.3 Å². The van der Waals surface area contributed by atoms with Crippen LogP contribution in [-0.4, -0.2) is 39.3 Å². The molecule has 1 aliphatic heterocycles. The van der Waals surface area contributed by atoms with Gasteiger partial charge in [0.25, 0.3) is 5.91 Å². The number of hydrogen-bond acceptors (Lipinski definition) is 7. The van der Waals surface area contributed by atoms with Gasteiger partial charge in [0.1, 0.15) is 16.2 Å². The molecule has 9 heteroatoms. The molecule has 1 saturated heterocycles. The van der Waals surface area contributed by atoms with Crippen LogP contribution in [0.5, 0.6) is 0 Å². The third kappa shape index (κ3) is 2.23. The molecule has 2 aromatic heterocycles. The Morgan fingerprint density at radius 1 is 1.44 bits per heavy atom. The molecule has 0 radical (unpaired) electrons. The van der Waals surface area contributed by atoms with E-state index >= 15 is 0 Å². The van der Waals surface area contributed by atoms with Crippen molar-refractivity contribution >= 4 is 23.2 Å². The summed E-state index contributed by atoms with van der Waals surface area (Å²) in [4.78, 5) is 20.2. The van der Waals surface area contributed by atoms with E-state index in [0.717, 1.165) is 0 Å². The number of amides is 1. The number of thiazole rings is 1. The number of H-pyrrole nitrogens is 1. The summed E-state index contributed by atoms with van der Waals surface area (Å²) in [7, 11) is 0. The molecule has 1 amide bonds. The van der Waals surface area contributed by atoms with Crippen LogP contribution in [0.15, 0.2) is 12.5 Å². The summed E-state index contributed by atoms with van der Waals surface area (Å²) in [5.74, 6) is -0.00295. The first kappa shape index (κ1) is 11.3. The highest BCUT2D eigenvalue weighted by atomic mass is 32.1. The second-order valence-corrected chi connectivity index (χ2v) is 4.49. The fourth-order valence-corrected chi connectivity index (χ4v) is 2.25. The number of anilines is 1. The molecule has 0 bridgehead atoms. The van der Waals surface area contributed by atoms with Crippen molar-refractivity contribution in [2.24, 2.45) is 0 Å². The topological polar surface area (TPSA) is 102 Å². The maximum atomic E-state index is 11.8. The van der Waals surface area contributed by atoms with Crippen LogP contribution in [0, 0.1) is 0 Å². The van der Waals surface area contributed by atoms with Gasteiger partial charge in [-0.15, -0.1) is 11.3 Å². The molecule has 94 valence electrons. The van der Waals surface area contributed by atoms with E-state index in [4.69, 9.17) is 9.47 Å². The van der Waals surface area contributed by atoms with E-state index in [1.165, 1.54) is 23.9 Å². The molecule has 0 aromatic carbocycles. The number of aromatic nitrogens is 4. The van der Waals surface area contributed by atoms with Crippen molar-refractivity contribution in [2.75, 3.05) is 18.5 Å². The van der Waals surface area contributed by atoms with Crippen molar-refractivity contribution in [2.45, 2.75) is 6.29 Å². The zero-order valence-corrected chi connectivity index (χ0v) is 9.94. The molecular weight excluding hydrogens is 258 g/mol. The largest absolute Gasteiger partial charge is 0.344 e. The first-order chi connectivity index (χ1) is 8.83. The Kier molecular flexibility index (Phi) is 3.00. The van der Waals surface area contributed by atoms with E-state index in [0.29, 0.717) is 29.0 Å². The molecule has 1 aliphatic rings. The lowest BCUT2D eigenvalue weighted by atomic mass is 10.5. The number of nitrogens with zero attached hydrogens (tertiary/aromatic N) is 3. The zero-order valence-electron chi connectivity index (χ0n) is 9.12. The predicted molar refractivity (Wildman–Crippen MR) is 61.1 cm³/mol. The van der Waals surface area contributed by atoms with Crippen LogP contribution in [0.2, 0.25) is 0 Å². The number of rotatable bonds is 3. The minimum atomic E-state index is -0.457. The average molecular weight is 267 g/mol. The molecule has 3 heterocycles. The summed E-state index contributed by atoms with van der Waals surface area (Å²) in [6.45, 7) is 1.09. The SMILES string of the molecule is O=C(Nc1ncn[nH]1)c1cnc(C2OCCO2)s1. The van der Waals surface area contributed by atoms with Gasteiger partial charge in [-0.25, -0.2) is 10.1 Å². The molecule has 0 spiro atoms. The fourth-order valence-electron chi connectivity index (χ4n) is 1.44. The molecule has 2 aromatic rings. The highest BCUT2D eigenvalue weighted by Gasteiger charge is 2.23. The van der Waals surface area contributed by atoms with E-state index in [1.807, 2.05) is 0 Å². The standard InChI is InChI=1S/C9H9N5O3S/c15-6(13-9-11-4-12-14-9)5-3-10-7(18-5)8-16-1-2-17-8/h3-4,8H,1-2H2,(H2,11,12,13,14,15). The quantitative estimate of drug-likeness (QED) is 0.842. The Balaban J connectivity index is 1.70. The molecule has 0 unspecified atom stereocenters. The van der Waals surface area contributed by atoms with Gasteiger partial charge in [-0.2, -0.15) is 10.1 Å². The number of carbonyl (C=O) groups is 1. The molecule has 0 saturated carbocycles. The predicted octanol–water partition coefficient (Wildman–Crippen LogP) is 0.559. The fraction of sp³-hybridized carbons (Fsp3) is 0.333. The summed E-state index contributed by atoms with van der Waals surface area (Å²) >= 11 is 1.22. The van der Waals surface area contributed by atoms with Crippen LogP contribution in [0.4, 0.5) is 5.95 Å².